The topological polar surface area (TPSA) is 62.6 Å². The number of benzene rings is 1. The number of imidazole rings is 1. The minimum Gasteiger partial charge on any atom is -0.497 e. The number of hydrogen-bond donors (Lipinski definition) is 1. The fourth-order valence-corrected chi connectivity index (χ4v) is 3.99. The maximum atomic E-state index is 13.2. The average Bonchev–Trinajstić information content (AvgIpc) is 3.12. The molecule has 0 bridgehead atoms. The van der Waals surface area contributed by atoms with Gasteiger partial charge in [0.05, 0.1) is 7.11 Å². The first-order valence-corrected chi connectivity index (χ1v) is 9.66. The lowest BCUT2D eigenvalue weighted by Crippen LogP contribution is -2.49. The van der Waals surface area contributed by atoms with Gasteiger partial charge in [0.15, 0.2) is 11.5 Å². The van der Waals surface area contributed by atoms with Gasteiger partial charge >= 0.3 is 0 Å². The number of methoxy groups -OCH3 is 1. The van der Waals surface area contributed by atoms with Crippen LogP contribution in [0.2, 0.25) is 0 Å². The van der Waals surface area contributed by atoms with E-state index >= 15 is 0 Å². The SMILES string of the molecule is CNc1nc2n(c1C(=O)N1CCN(c3ccc(OC)cc3)CC1)CCCC2. The Morgan fingerprint density at radius 2 is 1.81 bits per heavy atom. The number of aromatic nitrogens is 2. The zero-order valence-corrected chi connectivity index (χ0v) is 16.1. The second-order valence-corrected chi connectivity index (χ2v) is 7.06. The van der Waals surface area contributed by atoms with E-state index in [0.29, 0.717) is 13.1 Å². The number of carbonyl (C=O) groups is 1. The second kappa shape index (κ2) is 7.50. The van der Waals surface area contributed by atoms with Crippen molar-refractivity contribution in [3.63, 3.8) is 0 Å². The van der Waals surface area contributed by atoms with Crippen LogP contribution >= 0.6 is 0 Å². The summed E-state index contributed by atoms with van der Waals surface area (Å²) in [6, 6.07) is 8.10. The van der Waals surface area contributed by atoms with E-state index in [1.807, 2.05) is 24.1 Å². The lowest BCUT2D eigenvalue weighted by atomic mass is 10.1. The van der Waals surface area contributed by atoms with Gasteiger partial charge in [-0.25, -0.2) is 4.98 Å². The molecule has 144 valence electrons. The summed E-state index contributed by atoms with van der Waals surface area (Å²) in [4.78, 5) is 22.1. The molecule has 0 saturated carbocycles. The predicted octanol–water partition coefficient (Wildman–Crippen LogP) is 2.23. The van der Waals surface area contributed by atoms with Gasteiger partial charge in [-0.05, 0) is 37.1 Å². The molecule has 4 rings (SSSR count). The van der Waals surface area contributed by atoms with Crippen LogP contribution in [0.25, 0.3) is 0 Å². The summed E-state index contributed by atoms with van der Waals surface area (Å²) in [6.07, 6.45) is 3.21. The fraction of sp³-hybridized carbons (Fsp3) is 0.500. The van der Waals surface area contributed by atoms with E-state index in [2.05, 4.69) is 31.9 Å². The summed E-state index contributed by atoms with van der Waals surface area (Å²) in [7, 11) is 3.51. The van der Waals surface area contributed by atoms with Crippen LogP contribution in [0.3, 0.4) is 0 Å². The van der Waals surface area contributed by atoms with Crippen LogP contribution in [0.15, 0.2) is 24.3 Å². The van der Waals surface area contributed by atoms with Gasteiger partial charge in [-0.3, -0.25) is 4.79 Å². The van der Waals surface area contributed by atoms with E-state index in [0.717, 1.165) is 62.0 Å². The summed E-state index contributed by atoms with van der Waals surface area (Å²) in [5.41, 5.74) is 1.89. The van der Waals surface area contributed by atoms with E-state index in [1.165, 1.54) is 5.69 Å². The molecular weight excluding hydrogens is 342 g/mol. The second-order valence-electron chi connectivity index (χ2n) is 7.06. The molecule has 7 heteroatoms. The van der Waals surface area contributed by atoms with E-state index in [-0.39, 0.29) is 5.91 Å². The third-order valence-corrected chi connectivity index (χ3v) is 5.52. The smallest absolute Gasteiger partial charge is 0.274 e. The van der Waals surface area contributed by atoms with Gasteiger partial charge in [0, 0.05) is 51.9 Å². The molecular formula is C20H27N5O2. The minimum atomic E-state index is 0.0920. The van der Waals surface area contributed by atoms with Crippen molar-refractivity contribution in [2.24, 2.45) is 0 Å². The monoisotopic (exact) mass is 369 g/mol. The van der Waals surface area contributed by atoms with Crippen LogP contribution in [0.5, 0.6) is 5.75 Å². The number of carbonyl (C=O) groups excluding carboxylic acids is 1. The highest BCUT2D eigenvalue weighted by Crippen LogP contribution is 2.26. The van der Waals surface area contributed by atoms with Crippen LogP contribution in [-0.2, 0) is 13.0 Å². The first kappa shape index (κ1) is 17.7. The van der Waals surface area contributed by atoms with E-state index < -0.39 is 0 Å². The predicted molar refractivity (Wildman–Crippen MR) is 106 cm³/mol. The van der Waals surface area contributed by atoms with Gasteiger partial charge in [-0.2, -0.15) is 0 Å². The van der Waals surface area contributed by atoms with Crippen molar-refractivity contribution in [3.05, 3.63) is 35.8 Å². The van der Waals surface area contributed by atoms with Crippen molar-refractivity contribution in [2.45, 2.75) is 25.8 Å². The Morgan fingerprint density at radius 1 is 1.07 bits per heavy atom. The van der Waals surface area contributed by atoms with E-state index in [1.54, 1.807) is 7.11 Å². The molecule has 0 unspecified atom stereocenters. The molecule has 2 aliphatic rings. The first-order chi connectivity index (χ1) is 13.2. The van der Waals surface area contributed by atoms with Crippen LogP contribution in [0.4, 0.5) is 11.5 Å². The Kier molecular flexibility index (Phi) is 4.92. The zero-order chi connectivity index (χ0) is 18.8. The highest BCUT2D eigenvalue weighted by molar-refractivity contribution is 5.97. The fourth-order valence-electron chi connectivity index (χ4n) is 3.99. The number of anilines is 2. The Balaban J connectivity index is 1.46. The maximum Gasteiger partial charge on any atom is 0.274 e. The number of ether oxygens (including phenoxy) is 1. The number of nitrogens with one attached hydrogen (secondary N) is 1. The molecule has 0 aliphatic carbocycles. The van der Waals surface area contributed by atoms with Crippen molar-refractivity contribution in [3.8, 4) is 5.75 Å². The minimum absolute atomic E-state index is 0.0920. The van der Waals surface area contributed by atoms with Crippen LogP contribution < -0.4 is 15.0 Å². The number of piperazine rings is 1. The van der Waals surface area contributed by atoms with E-state index in [9.17, 15) is 4.79 Å². The number of fused-ring (bicyclic) bond motifs is 1. The third kappa shape index (κ3) is 3.34. The average molecular weight is 369 g/mol. The van der Waals surface area contributed by atoms with Crippen molar-refractivity contribution in [1.29, 1.82) is 0 Å². The molecule has 0 spiro atoms. The molecule has 2 aromatic rings. The van der Waals surface area contributed by atoms with Gasteiger partial charge < -0.3 is 24.4 Å². The number of hydrogen-bond acceptors (Lipinski definition) is 5. The Morgan fingerprint density at radius 3 is 2.48 bits per heavy atom. The highest BCUT2D eigenvalue weighted by Gasteiger charge is 2.29. The summed E-state index contributed by atoms with van der Waals surface area (Å²) >= 11 is 0. The molecule has 1 N–H and O–H groups in total. The van der Waals surface area contributed by atoms with Gasteiger partial charge in [0.1, 0.15) is 11.6 Å². The van der Waals surface area contributed by atoms with Gasteiger partial charge in [-0.1, -0.05) is 0 Å². The van der Waals surface area contributed by atoms with E-state index in [4.69, 9.17) is 4.74 Å². The summed E-state index contributed by atoms with van der Waals surface area (Å²) in [5.74, 6) is 2.70. The highest BCUT2D eigenvalue weighted by atomic mass is 16.5. The van der Waals surface area contributed by atoms with Crippen molar-refractivity contribution >= 4 is 17.4 Å². The van der Waals surface area contributed by atoms with Crippen molar-refractivity contribution in [1.82, 2.24) is 14.5 Å². The molecule has 7 nitrogen and oxygen atoms in total. The molecule has 0 atom stereocenters. The molecule has 1 fully saturated rings. The normalized spacial score (nSPS) is 16.8. The third-order valence-electron chi connectivity index (χ3n) is 5.52. The summed E-state index contributed by atoms with van der Waals surface area (Å²) in [6.45, 7) is 3.97. The molecule has 27 heavy (non-hydrogen) atoms. The van der Waals surface area contributed by atoms with Crippen LogP contribution in [0.1, 0.15) is 29.2 Å². The maximum absolute atomic E-state index is 13.2. The Labute approximate surface area is 159 Å². The van der Waals surface area contributed by atoms with Gasteiger partial charge in [-0.15, -0.1) is 0 Å². The molecule has 1 aromatic heterocycles. The lowest BCUT2D eigenvalue weighted by Gasteiger charge is -2.36. The molecule has 3 heterocycles. The van der Waals surface area contributed by atoms with Crippen molar-refractivity contribution in [2.75, 3.05) is 50.6 Å². The largest absolute Gasteiger partial charge is 0.497 e. The number of rotatable bonds is 4. The Hall–Kier alpha value is -2.70. The summed E-state index contributed by atoms with van der Waals surface area (Å²) in [5, 5.41) is 3.12. The van der Waals surface area contributed by atoms with Crippen LogP contribution in [-0.4, -0.2) is 60.7 Å². The standard InChI is InChI=1S/C20H27N5O2/c1-21-19-18(25-10-4-3-5-17(25)22-19)20(26)24-13-11-23(12-14-24)15-6-8-16(27-2)9-7-15/h6-9,21H,3-5,10-14H2,1-2H3. The number of amides is 1. The quantitative estimate of drug-likeness (QED) is 0.896. The lowest BCUT2D eigenvalue weighted by molar-refractivity contribution is 0.0735. The molecule has 0 radical (unpaired) electrons. The van der Waals surface area contributed by atoms with Crippen LogP contribution in [0, 0.1) is 0 Å². The number of nitrogens with zero attached hydrogens (tertiary/aromatic N) is 4. The van der Waals surface area contributed by atoms with Gasteiger partial charge in [0.25, 0.3) is 5.91 Å². The number of aryl methyl sites for hydroxylation is 1. The zero-order valence-electron chi connectivity index (χ0n) is 16.1. The summed E-state index contributed by atoms with van der Waals surface area (Å²) < 4.78 is 7.35. The first-order valence-electron chi connectivity index (χ1n) is 9.66. The van der Waals surface area contributed by atoms with Gasteiger partial charge in [0.2, 0.25) is 0 Å². The molecule has 1 saturated heterocycles. The Bertz CT molecular complexity index is 807. The van der Waals surface area contributed by atoms with Crippen molar-refractivity contribution < 1.29 is 9.53 Å². The molecule has 2 aliphatic heterocycles. The molecule has 1 aromatic carbocycles. The molecule has 1 amide bonds.